The number of fused-ring (bicyclic) bond motifs is 3. The average molecular weight is 442 g/mol. The van der Waals surface area contributed by atoms with Gasteiger partial charge >= 0.3 is 0 Å². The Hall–Kier alpha value is -2.79. The molecule has 1 aromatic carbocycles. The van der Waals surface area contributed by atoms with E-state index in [1.807, 2.05) is 35.6 Å². The van der Waals surface area contributed by atoms with Crippen molar-refractivity contribution < 1.29 is 4.79 Å². The highest BCUT2D eigenvalue weighted by Crippen LogP contribution is 2.31. The fourth-order valence-electron chi connectivity index (χ4n) is 3.92. The molecule has 1 aliphatic carbocycles. The maximum Gasteiger partial charge on any atom is 0.263 e. The van der Waals surface area contributed by atoms with Crippen molar-refractivity contribution in [3.63, 3.8) is 0 Å². The highest BCUT2D eigenvalue weighted by atomic mass is 32.2. The van der Waals surface area contributed by atoms with Gasteiger partial charge in [-0.15, -0.1) is 20.4 Å². The number of hydrogen-bond acceptors (Lipinski definition) is 8. The first kappa shape index (κ1) is 19.2. The van der Waals surface area contributed by atoms with Gasteiger partial charge in [-0.3, -0.25) is 23.9 Å². The van der Waals surface area contributed by atoms with Gasteiger partial charge in [0.25, 0.3) is 5.56 Å². The lowest BCUT2D eigenvalue weighted by Gasteiger charge is -2.16. The molecular weight excluding hydrogens is 422 g/mol. The van der Waals surface area contributed by atoms with Gasteiger partial charge in [0.15, 0.2) is 5.16 Å². The molecule has 1 fully saturated rings. The minimum Gasteiger partial charge on any atom is -0.300 e. The molecule has 3 aromatic heterocycles. The monoisotopic (exact) mass is 441 g/mol. The van der Waals surface area contributed by atoms with E-state index in [1.54, 1.807) is 4.57 Å². The summed E-state index contributed by atoms with van der Waals surface area (Å²) in [5.74, 6) is 0.491. The van der Waals surface area contributed by atoms with Crippen LogP contribution < -0.4 is 10.9 Å². The van der Waals surface area contributed by atoms with Crippen LogP contribution in [0.1, 0.15) is 36.7 Å². The van der Waals surface area contributed by atoms with Crippen LogP contribution in [0.2, 0.25) is 0 Å². The number of carbonyl (C=O) groups excluding carboxylic acids is 1. The first-order chi connectivity index (χ1) is 14.6. The minimum absolute atomic E-state index is 0.0293. The Morgan fingerprint density at radius 3 is 2.77 bits per heavy atom. The standard InChI is InChI=1S/C19H19N7O2S2/c1-11-21-22-17(30-11)20-15(27)10-29-19-24-23-18-25(12-6-2-3-7-12)16(28)13-8-4-5-9-14(13)26(18)19/h4-5,8-9,12H,2-3,6-7,10H2,1H3,(H,20,22,27). The number of para-hydroxylation sites is 1. The predicted molar refractivity (Wildman–Crippen MR) is 116 cm³/mol. The number of nitrogens with zero attached hydrogens (tertiary/aromatic N) is 6. The fraction of sp³-hybridized carbons (Fsp3) is 0.368. The van der Waals surface area contributed by atoms with E-state index in [-0.39, 0.29) is 23.3 Å². The third kappa shape index (κ3) is 3.37. The van der Waals surface area contributed by atoms with Gasteiger partial charge in [-0.25, -0.2) is 0 Å². The third-order valence-electron chi connectivity index (χ3n) is 5.22. The minimum atomic E-state index is -0.193. The molecule has 0 saturated heterocycles. The Balaban J connectivity index is 1.51. The van der Waals surface area contributed by atoms with Gasteiger partial charge in [-0.2, -0.15) is 0 Å². The van der Waals surface area contributed by atoms with Crippen LogP contribution in [0, 0.1) is 6.92 Å². The number of benzene rings is 1. The molecule has 9 nitrogen and oxygen atoms in total. The summed E-state index contributed by atoms with van der Waals surface area (Å²) in [6.07, 6.45) is 4.15. The Morgan fingerprint density at radius 2 is 2.00 bits per heavy atom. The SMILES string of the molecule is Cc1nnc(NC(=O)CSc2nnc3n(C4CCCC4)c(=O)c4ccccc4n23)s1. The number of thioether (sulfide) groups is 1. The zero-order valence-corrected chi connectivity index (χ0v) is 17.9. The number of aryl methyl sites for hydroxylation is 1. The van der Waals surface area contributed by atoms with Crippen LogP contribution >= 0.6 is 23.1 Å². The number of aromatic nitrogens is 6. The lowest BCUT2D eigenvalue weighted by atomic mass is 10.2. The molecule has 11 heteroatoms. The van der Waals surface area contributed by atoms with Crippen molar-refractivity contribution in [1.82, 2.24) is 29.4 Å². The van der Waals surface area contributed by atoms with Crippen LogP contribution in [0.25, 0.3) is 16.7 Å². The molecule has 5 rings (SSSR count). The lowest BCUT2D eigenvalue weighted by molar-refractivity contribution is -0.113. The molecule has 4 aromatic rings. The molecule has 0 radical (unpaired) electrons. The molecule has 0 atom stereocenters. The lowest BCUT2D eigenvalue weighted by Crippen LogP contribution is -2.26. The van der Waals surface area contributed by atoms with E-state index in [9.17, 15) is 9.59 Å². The molecular formula is C19H19N7O2S2. The Morgan fingerprint density at radius 1 is 1.20 bits per heavy atom. The van der Waals surface area contributed by atoms with Crippen LogP contribution in [0.5, 0.6) is 0 Å². The summed E-state index contributed by atoms with van der Waals surface area (Å²) in [6, 6.07) is 7.61. The number of carbonyl (C=O) groups is 1. The van der Waals surface area contributed by atoms with Crippen LogP contribution in [-0.2, 0) is 4.79 Å². The highest BCUT2D eigenvalue weighted by molar-refractivity contribution is 7.99. The summed E-state index contributed by atoms with van der Waals surface area (Å²) in [7, 11) is 0. The zero-order chi connectivity index (χ0) is 20.7. The van der Waals surface area contributed by atoms with Crippen molar-refractivity contribution >= 4 is 50.8 Å². The maximum absolute atomic E-state index is 13.2. The largest absolute Gasteiger partial charge is 0.300 e. The van der Waals surface area contributed by atoms with Crippen molar-refractivity contribution in [1.29, 1.82) is 0 Å². The second-order valence-electron chi connectivity index (χ2n) is 7.21. The molecule has 0 spiro atoms. The van der Waals surface area contributed by atoms with E-state index in [0.29, 0.717) is 21.5 Å². The molecule has 0 bridgehead atoms. The quantitative estimate of drug-likeness (QED) is 0.474. The summed E-state index contributed by atoms with van der Waals surface area (Å²) in [4.78, 5) is 25.6. The molecule has 0 unspecified atom stereocenters. The predicted octanol–water partition coefficient (Wildman–Crippen LogP) is 3.05. The summed E-state index contributed by atoms with van der Waals surface area (Å²) in [5.41, 5.74) is 0.720. The molecule has 1 aliphatic rings. The first-order valence-electron chi connectivity index (χ1n) is 9.73. The number of amides is 1. The van der Waals surface area contributed by atoms with E-state index in [4.69, 9.17) is 0 Å². The molecule has 154 valence electrons. The van der Waals surface area contributed by atoms with Gasteiger partial charge < -0.3 is 0 Å². The van der Waals surface area contributed by atoms with E-state index < -0.39 is 0 Å². The zero-order valence-electron chi connectivity index (χ0n) is 16.2. The van der Waals surface area contributed by atoms with E-state index in [0.717, 1.165) is 36.2 Å². The van der Waals surface area contributed by atoms with Crippen LogP contribution in [0.4, 0.5) is 5.13 Å². The van der Waals surface area contributed by atoms with E-state index in [1.165, 1.54) is 23.1 Å². The van der Waals surface area contributed by atoms with Gasteiger partial charge in [0.2, 0.25) is 16.8 Å². The fourth-order valence-corrected chi connectivity index (χ4v) is 5.26. The van der Waals surface area contributed by atoms with Crippen LogP contribution in [-0.4, -0.2) is 41.0 Å². The normalized spacial score (nSPS) is 14.7. The van der Waals surface area contributed by atoms with E-state index >= 15 is 0 Å². The number of nitrogens with one attached hydrogen (secondary N) is 1. The van der Waals surface area contributed by atoms with Crippen molar-refractivity contribution in [2.45, 2.75) is 43.8 Å². The maximum atomic E-state index is 13.2. The average Bonchev–Trinajstić information content (AvgIpc) is 3.49. The third-order valence-corrected chi connectivity index (χ3v) is 6.90. The molecule has 0 aliphatic heterocycles. The van der Waals surface area contributed by atoms with Gasteiger partial charge in [0.1, 0.15) is 5.01 Å². The molecule has 1 amide bonds. The summed E-state index contributed by atoms with van der Waals surface area (Å²) >= 11 is 2.61. The summed E-state index contributed by atoms with van der Waals surface area (Å²) in [5, 5.41) is 21.7. The van der Waals surface area contributed by atoms with Crippen molar-refractivity contribution in [3.8, 4) is 0 Å². The highest BCUT2D eigenvalue weighted by Gasteiger charge is 2.24. The van der Waals surface area contributed by atoms with Crippen molar-refractivity contribution in [2.24, 2.45) is 0 Å². The van der Waals surface area contributed by atoms with Crippen molar-refractivity contribution in [2.75, 3.05) is 11.1 Å². The summed E-state index contributed by atoms with van der Waals surface area (Å²) in [6.45, 7) is 1.83. The summed E-state index contributed by atoms with van der Waals surface area (Å²) < 4.78 is 3.68. The second-order valence-corrected chi connectivity index (χ2v) is 9.34. The second kappa shape index (κ2) is 7.80. The van der Waals surface area contributed by atoms with Gasteiger partial charge in [0, 0.05) is 6.04 Å². The first-order valence-corrected chi connectivity index (χ1v) is 11.5. The Kier molecular flexibility index (Phi) is 4.99. The number of anilines is 1. The Labute approximate surface area is 179 Å². The number of rotatable bonds is 5. The number of hydrogen-bond donors (Lipinski definition) is 1. The molecule has 1 N–H and O–H groups in total. The van der Waals surface area contributed by atoms with Gasteiger partial charge in [-0.05, 0) is 31.9 Å². The van der Waals surface area contributed by atoms with E-state index in [2.05, 4.69) is 25.7 Å². The Bertz CT molecular complexity index is 1300. The van der Waals surface area contributed by atoms with Crippen LogP contribution in [0.3, 0.4) is 0 Å². The molecule has 30 heavy (non-hydrogen) atoms. The molecule has 3 heterocycles. The molecule has 1 saturated carbocycles. The van der Waals surface area contributed by atoms with Crippen molar-refractivity contribution in [3.05, 3.63) is 39.6 Å². The topological polar surface area (TPSA) is 107 Å². The smallest absolute Gasteiger partial charge is 0.263 e. The van der Waals surface area contributed by atoms with Gasteiger partial charge in [0.05, 0.1) is 16.7 Å². The van der Waals surface area contributed by atoms with Crippen LogP contribution in [0.15, 0.2) is 34.2 Å². The van der Waals surface area contributed by atoms with Gasteiger partial charge in [-0.1, -0.05) is 48.1 Å².